The van der Waals surface area contributed by atoms with Crippen molar-refractivity contribution in [3.05, 3.63) is 57.5 Å². The van der Waals surface area contributed by atoms with Crippen LogP contribution < -0.4 is 5.56 Å². The molecule has 0 saturated carbocycles. The number of nitrogens with zero attached hydrogens (tertiary/aromatic N) is 1. The summed E-state index contributed by atoms with van der Waals surface area (Å²) in [5.41, 5.74) is 2.39. The van der Waals surface area contributed by atoms with E-state index in [9.17, 15) is 9.59 Å². The van der Waals surface area contributed by atoms with Gasteiger partial charge in [-0.15, -0.1) is 0 Å². The standard InChI is InChI=1S/C16H20N2O2/c1-4-14(19)18-15(11(2)3)13(16(20)17-18)10-12-8-6-5-7-9-12/h5-9,11H,4,10H2,1-3H3,(H,17,20). The lowest BCUT2D eigenvalue weighted by atomic mass is 9.99. The van der Waals surface area contributed by atoms with Gasteiger partial charge < -0.3 is 0 Å². The van der Waals surface area contributed by atoms with Crippen molar-refractivity contribution in [2.24, 2.45) is 0 Å². The Hall–Kier alpha value is -2.10. The minimum Gasteiger partial charge on any atom is -0.273 e. The zero-order chi connectivity index (χ0) is 14.7. The van der Waals surface area contributed by atoms with Crippen LogP contribution in [0, 0.1) is 0 Å². The number of benzene rings is 1. The van der Waals surface area contributed by atoms with Crippen molar-refractivity contribution in [3.8, 4) is 0 Å². The predicted octanol–water partition coefficient (Wildman–Crippen LogP) is 2.94. The van der Waals surface area contributed by atoms with Gasteiger partial charge >= 0.3 is 0 Å². The predicted molar refractivity (Wildman–Crippen MR) is 79.3 cm³/mol. The molecular weight excluding hydrogens is 252 g/mol. The van der Waals surface area contributed by atoms with E-state index in [1.807, 2.05) is 44.2 Å². The summed E-state index contributed by atoms with van der Waals surface area (Å²) >= 11 is 0. The summed E-state index contributed by atoms with van der Waals surface area (Å²) < 4.78 is 1.42. The van der Waals surface area contributed by atoms with Gasteiger partial charge in [-0.05, 0) is 11.5 Å². The van der Waals surface area contributed by atoms with Gasteiger partial charge in [0.2, 0.25) is 5.91 Å². The second-order valence-electron chi connectivity index (χ2n) is 5.20. The number of hydrogen-bond acceptors (Lipinski definition) is 2. The van der Waals surface area contributed by atoms with Crippen LogP contribution in [0.15, 0.2) is 35.1 Å². The number of H-pyrrole nitrogens is 1. The molecule has 0 aliphatic heterocycles. The van der Waals surface area contributed by atoms with Crippen LogP contribution in [0.2, 0.25) is 0 Å². The average molecular weight is 272 g/mol. The minimum absolute atomic E-state index is 0.0786. The van der Waals surface area contributed by atoms with Gasteiger partial charge in [0, 0.05) is 18.4 Å². The fraction of sp³-hybridized carbons (Fsp3) is 0.375. The molecule has 2 rings (SSSR count). The van der Waals surface area contributed by atoms with E-state index < -0.39 is 0 Å². The lowest BCUT2D eigenvalue weighted by Gasteiger charge is -2.11. The van der Waals surface area contributed by atoms with E-state index in [1.54, 1.807) is 6.92 Å². The Bertz CT molecular complexity index is 651. The lowest BCUT2D eigenvalue weighted by molar-refractivity contribution is 0.0887. The van der Waals surface area contributed by atoms with Crippen molar-refractivity contribution in [2.75, 3.05) is 0 Å². The molecule has 1 heterocycles. The Morgan fingerprint density at radius 3 is 2.45 bits per heavy atom. The molecule has 4 heteroatoms. The van der Waals surface area contributed by atoms with Crippen LogP contribution in [0.3, 0.4) is 0 Å². The van der Waals surface area contributed by atoms with Crippen LogP contribution in [-0.2, 0) is 6.42 Å². The Morgan fingerprint density at radius 1 is 1.25 bits per heavy atom. The summed E-state index contributed by atoms with van der Waals surface area (Å²) in [6.07, 6.45) is 0.919. The first-order chi connectivity index (χ1) is 9.54. The first-order valence-corrected chi connectivity index (χ1v) is 6.95. The smallest absolute Gasteiger partial charge is 0.268 e. The first-order valence-electron chi connectivity index (χ1n) is 6.95. The molecule has 0 saturated heterocycles. The van der Waals surface area contributed by atoms with Crippen molar-refractivity contribution < 1.29 is 4.79 Å². The summed E-state index contributed by atoms with van der Waals surface area (Å²) in [5.74, 6) is 0.0354. The van der Waals surface area contributed by atoms with Crippen LogP contribution in [0.1, 0.15) is 54.7 Å². The number of aromatic nitrogens is 2. The van der Waals surface area contributed by atoms with Crippen molar-refractivity contribution in [1.82, 2.24) is 9.78 Å². The molecule has 106 valence electrons. The maximum atomic E-state index is 12.2. The molecule has 20 heavy (non-hydrogen) atoms. The number of carbonyl (C=O) groups excluding carboxylic acids is 1. The maximum absolute atomic E-state index is 12.2. The number of carbonyl (C=O) groups is 1. The monoisotopic (exact) mass is 272 g/mol. The first kappa shape index (κ1) is 14.3. The molecule has 0 aliphatic carbocycles. The van der Waals surface area contributed by atoms with Gasteiger partial charge in [0.25, 0.3) is 5.56 Å². The average Bonchev–Trinajstić information content (AvgIpc) is 2.76. The summed E-state index contributed by atoms with van der Waals surface area (Å²) in [6, 6.07) is 9.83. The fourth-order valence-corrected chi connectivity index (χ4v) is 2.41. The topological polar surface area (TPSA) is 54.9 Å². The van der Waals surface area contributed by atoms with Gasteiger partial charge in [-0.2, -0.15) is 0 Å². The number of hydrogen-bond donors (Lipinski definition) is 1. The van der Waals surface area contributed by atoms with Crippen molar-refractivity contribution >= 4 is 5.91 Å². The summed E-state index contributed by atoms with van der Waals surface area (Å²) in [5, 5.41) is 2.68. The molecule has 0 unspecified atom stereocenters. The Kier molecular flexibility index (Phi) is 4.23. The molecule has 1 aromatic carbocycles. The van der Waals surface area contributed by atoms with E-state index in [1.165, 1.54) is 4.68 Å². The zero-order valence-electron chi connectivity index (χ0n) is 12.1. The summed E-state index contributed by atoms with van der Waals surface area (Å²) in [7, 11) is 0. The van der Waals surface area contributed by atoms with Crippen molar-refractivity contribution in [3.63, 3.8) is 0 Å². The minimum atomic E-state index is -0.167. The summed E-state index contributed by atoms with van der Waals surface area (Å²) in [6.45, 7) is 5.79. The number of nitrogens with one attached hydrogen (secondary N) is 1. The molecule has 0 amide bonds. The fourth-order valence-electron chi connectivity index (χ4n) is 2.41. The highest BCUT2D eigenvalue weighted by Gasteiger charge is 2.20. The van der Waals surface area contributed by atoms with Crippen LogP contribution in [0.5, 0.6) is 0 Å². The van der Waals surface area contributed by atoms with E-state index in [-0.39, 0.29) is 17.4 Å². The molecule has 0 fully saturated rings. The molecule has 0 spiro atoms. The third-order valence-electron chi connectivity index (χ3n) is 3.36. The van der Waals surface area contributed by atoms with E-state index >= 15 is 0 Å². The van der Waals surface area contributed by atoms with Crippen LogP contribution >= 0.6 is 0 Å². The highest BCUT2D eigenvalue weighted by molar-refractivity contribution is 5.78. The normalized spacial score (nSPS) is 11.0. The molecule has 4 nitrogen and oxygen atoms in total. The molecule has 0 radical (unpaired) electrons. The van der Waals surface area contributed by atoms with Gasteiger partial charge in [-0.3, -0.25) is 14.7 Å². The van der Waals surface area contributed by atoms with Crippen LogP contribution in [0.4, 0.5) is 0 Å². The quantitative estimate of drug-likeness (QED) is 0.930. The Balaban J connectivity index is 2.50. The van der Waals surface area contributed by atoms with E-state index in [0.717, 1.165) is 11.3 Å². The van der Waals surface area contributed by atoms with E-state index in [2.05, 4.69) is 5.10 Å². The van der Waals surface area contributed by atoms with Gasteiger partial charge in [0.1, 0.15) is 0 Å². The largest absolute Gasteiger partial charge is 0.273 e. The molecule has 0 aliphatic rings. The second-order valence-corrected chi connectivity index (χ2v) is 5.20. The molecular formula is C16H20N2O2. The second kappa shape index (κ2) is 5.90. The van der Waals surface area contributed by atoms with E-state index in [4.69, 9.17) is 0 Å². The maximum Gasteiger partial charge on any atom is 0.268 e. The molecule has 2 aromatic rings. The van der Waals surface area contributed by atoms with Crippen molar-refractivity contribution in [2.45, 2.75) is 39.5 Å². The van der Waals surface area contributed by atoms with Gasteiger partial charge in [-0.1, -0.05) is 51.1 Å². The number of rotatable bonds is 4. The Morgan fingerprint density at radius 2 is 1.90 bits per heavy atom. The SMILES string of the molecule is CCC(=O)n1[nH]c(=O)c(Cc2ccccc2)c1C(C)C. The number of aromatic amines is 1. The zero-order valence-corrected chi connectivity index (χ0v) is 12.1. The Labute approximate surface area is 118 Å². The van der Waals surface area contributed by atoms with Gasteiger partial charge in [0.15, 0.2) is 0 Å². The van der Waals surface area contributed by atoms with Gasteiger partial charge in [0.05, 0.1) is 5.69 Å². The third kappa shape index (κ3) is 2.74. The molecule has 0 atom stereocenters. The van der Waals surface area contributed by atoms with Gasteiger partial charge in [-0.25, -0.2) is 4.68 Å². The highest BCUT2D eigenvalue weighted by atomic mass is 16.2. The summed E-state index contributed by atoms with van der Waals surface area (Å²) in [4.78, 5) is 24.1. The van der Waals surface area contributed by atoms with Crippen molar-refractivity contribution in [1.29, 1.82) is 0 Å². The van der Waals surface area contributed by atoms with Crippen LogP contribution in [-0.4, -0.2) is 15.7 Å². The third-order valence-corrected chi connectivity index (χ3v) is 3.36. The molecule has 1 aromatic heterocycles. The lowest BCUT2D eigenvalue weighted by Crippen LogP contribution is -2.16. The van der Waals surface area contributed by atoms with Crippen LogP contribution in [0.25, 0.3) is 0 Å². The molecule has 0 bridgehead atoms. The highest BCUT2D eigenvalue weighted by Crippen LogP contribution is 2.19. The molecule has 1 N–H and O–H groups in total. The van der Waals surface area contributed by atoms with E-state index in [0.29, 0.717) is 18.4 Å².